The second kappa shape index (κ2) is 8.92. The minimum absolute atomic E-state index is 0.0889. The highest BCUT2D eigenvalue weighted by Gasteiger charge is 2.34. The molecule has 1 N–H and O–H groups in total. The number of carbonyl (C=O) groups is 3. The second-order valence-corrected chi connectivity index (χ2v) is 8.62. The zero-order valence-electron chi connectivity index (χ0n) is 18.0. The van der Waals surface area contributed by atoms with Crippen molar-refractivity contribution in [1.82, 2.24) is 4.98 Å². The van der Waals surface area contributed by atoms with Crippen LogP contribution in [0.3, 0.4) is 0 Å². The van der Waals surface area contributed by atoms with Gasteiger partial charge in [0.25, 0.3) is 5.91 Å². The van der Waals surface area contributed by atoms with Crippen LogP contribution in [0.25, 0.3) is 11.3 Å². The van der Waals surface area contributed by atoms with E-state index in [0.29, 0.717) is 29.1 Å². The van der Waals surface area contributed by atoms with E-state index in [-0.39, 0.29) is 24.1 Å². The number of amides is 2. The van der Waals surface area contributed by atoms with Crippen LogP contribution in [0.4, 0.5) is 11.4 Å². The second-order valence-electron chi connectivity index (χ2n) is 7.56. The molecule has 4 rings (SSSR count). The first-order valence-corrected chi connectivity index (χ1v) is 11.2. The number of hydrogen-bond acceptors (Lipinski definition) is 6. The van der Waals surface area contributed by atoms with Gasteiger partial charge in [-0.2, -0.15) is 0 Å². The zero-order valence-corrected chi connectivity index (χ0v) is 18.9. The highest BCUT2D eigenvalue weighted by molar-refractivity contribution is 7.09. The normalized spacial score (nSPS) is 15.2. The van der Waals surface area contributed by atoms with E-state index >= 15 is 0 Å². The van der Waals surface area contributed by atoms with Crippen LogP contribution in [0.2, 0.25) is 0 Å². The lowest BCUT2D eigenvalue weighted by Gasteiger charge is -2.34. The van der Waals surface area contributed by atoms with Crippen molar-refractivity contribution in [2.75, 3.05) is 16.8 Å². The first kappa shape index (κ1) is 21.7. The summed E-state index contributed by atoms with van der Waals surface area (Å²) in [5.41, 5.74) is 3.20. The van der Waals surface area contributed by atoms with Gasteiger partial charge >= 0.3 is 0 Å². The molecule has 1 atom stereocenters. The smallest absolute Gasteiger partial charge is 0.268 e. The monoisotopic (exact) mass is 449 g/mol. The summed E-state index contributed by atoms with van der Waals surface area (Å²) in [5, 5.41) is 5.68. The van der Waals surface area contributed by atoms with Gasteiger partial charge in [0.1, 0.15) is 12.3 Å². The van der Waals surface area contributed by atoms with Crippen molar-refractivity contribution in [3.05, 3.63) is 58.4 Å². The van der Waals surface area contributed by atoms with E-state index in [1.807, 2.05) is 37.4 Å². The average molecular weight is 450 g/mol. The number of nitrogens with one attached hydrogen (secondary N) is 1. The summed E-state index contributed by atoms with van der Waals surface area (Å²) in [7, 11) is 0. The van der Waals surface area contributed by atoms with E-state index in [1.165, 1.54) is 11.8 Å². The summed E-state index contributed by atoms with van der Waals surface area (Å²) >= 11 is 1.55. The van der Waals surface area contributed by atoms with Crippen LogP contribution in [0.1, 0.15) is 35.6 Å². The molecular weight excluding hydrogens is 426 g/mol. The fourth-order valence-electron chi connectivity index (χ4n) is 3.56. The van der Waals surface area contributed by atoms with Crippen LogP contribution in [0, 0.1) is 6.92 Å². The van der Waals surface area contributed by atoms with Crippen LogP contribution >= 0.6 is 11.3 Å². The molecule has 0 saturated carbocycles. The van der Waals surface area contributed by atoms with E-state index < -0.39 is 6.10 Å². The first-order chi connectivity index (χ1) is 15.4. The molecular formula is C24H23N3O4S. The minimum atomic E-state index is -0.649. The Bertz CT molecular complexity index is 1200. The molecule has 1 aliphatic rings. The summed E-state index contributed by atoms with van der Waals surface area (Å²) in [6, 6.07) is 12.3. The molecule has 0 bridgehead atoms. The number of aryl methyl sites for hydroxylation is 1. The number of anilines is 2. The lowest BCUT2D eigenvalue weighted by Crippen LogP contribution is -2.48. The molecule has 1 aliphatic heterocycles. The summed E-state index contributed by atoms with van der Waals surface area (Å²) < 4.78 is 5.88. The summed E-state index contributed by atoms with van der Waals surface area (Å²) in [6.07, 6.45) is -0.159. The summed E-state index contributed by atoms with van der Waals surface area (Å²) in [6.45, 7) is 5.10. The maximum Gasteiger partial charge on any atom is 0.268 e. The molecule has 164 valence electrons. The lowest BCUT2D eigenvalue weighted by atomic mass is 10.1. The summed E-state index contributed by atoms with van der Waals surface area (Å²) in [5.74, 6) is -0.164. The van der Waals surface area contributed by atoms with Gasteiger partial charge in [-0.05, 0) is 50.6 Å². The summed E-state index contributed by atoms with van der Waals surface area (Å²) in [4.78, 5) is 43.5. The number of benzene rings is 2. The maximum atomic E-state index is 13.1. The molecule has 2 amide bonds. The molecule has 0 spiro atoms. The van der Waals surface area contributed by atoms with Crippen molar-refractivity contribution in [3.63, 3.8) is 0 Å². The number of rotatable bonds is 6. The number of thiazole rings is 1. The topological polar surface area (TPSA) is 88.6 Å². The van der Waals surface area contributed by atoms with Crippen LogP contribution < -0.4 is 15.0 Å². The highest BCUT2D eigenvalue weighted by Crippen LogP contribution is 2.38. The molecule has 0 saturated heterocycles. The van der Waals surface area contributed by atoms with E-state index in [4.69, 9.17) is 4.74 Å². The fourth-order valence-corrected chi connectivity index (χ4v) is 4.18. The maximum absolute atomic E-state index is 13.1. The van der Waals surface area contributed by atoms with Crippen molar-refractivity contribution in [2.45, 2.75) is 33.3 Å². The number of carbonyl (C=O) groups excluding carboxylic acids is 3. The van der Waals surface area contributed by atoms with Gasteiger partial charge < -0.3 is 10.1 Å². The van der Waals surface area contributed by atoms with Crippen LogP contribution in [0.5, 0.6) is 5.75 Å². The predicted molar refractivity (Wildman–Crippen MR) is 124 cm³/mol. The third-order valence-corrected chi connectivity index (χ3v) is 5.97. The van der Waals surface area contributed by atoms with Gasteiger partial charge in [-0.1, -0.05) is 19.1 Å². The molecule has 0 radical (unpaired) electrons. The zero-order chi connectivity index (χ0) is 22.8. The van der Waals surface area contributed by atoms with Gasteiger partial charge in [-0.15, -0.1) is 11.3 Å². The highest BCUT2D eigenvalue weighted by atomic mass is 32.1. The Morgan fingerprint density at radius 2 is 2.03 bits per heavy atom. The lowest BCUT2D eigenvalue weighted by molar-refractivity contribution is -0.128. The van der Waals surface area contributed by atoms with Crippen LogP contribution in [-0.4, -0.2) is 35.2 Å². The predicted octanol–water partition coefficient (Wildman–Crippen LogP) is 4.46. The van der Waals surface area contributed by atoms with Crippen molar-refractivity contribution in [2.24, 2.45) is 0 Å². The largest absolute Gasteiger partial charge is 0.478 e. The van der Waals surface area contributed by atoms with Crippen molar-refractivity contribution >= 4 is 40.3 Å². The Kier molecular flexibility index (Phi) is 6.05. The number of nitrogens with zero attached hydrogens (tertiary/aromatic N) is 2. The van der Waals surface area contributed by atoms with E-state index in [2.05, 4.69) is 10.3 Å². The molecule has 1 aromatic heterocycles. The van der Waals surface area contributed by atoms with Gasteiger partial charge in [0, 0.05) is 22.2 Å². The number of aromatic nitrogens is 1. The number of ketones is 1. The van der Waals surface area contributed by atoms with Gasteiger partial charge in [0.15, 0.2) is 11.9 Å². The van der Waals surface area contributed by atoms with Crippen molar-refractivity contribution in [1.29, 1.82) is 0 Å². The molecule has 7 nitrogen and oxygen atoms in total. The van der Waals surface area contributed by atoms with E-state index in [1.54, 1.807) is 35.6 Å². The third kappa shape index (κ3) is 4.40. The Labute approximate surface area is 190 Å². The number of ether oxygens (including phenoxy) is 1. The van der Waals surface area contributed by atoms with Gasteiger partial charge in [0.05, 0.1) is 16.4 Å². The Morgan fingerprint density at radius 1 is 1.22 bits per heavy atom. The molecule has 3 aromatic rings. The molecule has 0 aliphatic carbocycles. The Balaban J connectivity index is 1.62. The standard InChI is InChI=1S/C24H23N3O4S/c1-4-21-24(30)27(12-23(29)26-18-7-5-6-16(10-18)14(2)28)20-11-17(8-9-22(20)31-21)19-13-32-15(3)25-19/h5-11,13,21H,4,12H2,1-3H3,(H,26,29). The van der Waals surface area contributed by atoms with Crippen LogP contribution in [-0.2, 0) is 9.59 Å². The molecule has 2 aromatic carbocycles. The van der Waals surface area contributed by atoms with Gasteiger partial charge in [-0.25, -0.2) is 4.98 Å². The van der Waals surface area contributed by atoms with E-state index in [0.717, 1.165) is 16.3 Å². The Hall–Kier alpha value is -3.52. The molecule has 8 heteroatoms. The molecule has 0 fully saturated rings. The third-order valence-electron chi connectivity index (χ3n) is 5.20. The fraction of sp³-hybridized carbons (Fsp3) is 0.250. The number of Topliss-reactive ketones (excluding diaryl/α,β-unsaturated/α-hetero) is 1. The quantitative estimate of drug-likeness (QED) is 0.561. The van der Waals surface area contributed by atoms with Gasteiger partial charge in [-0.3, -0.25) is 19.3 Å². The average Bonchev–Trinajstić information content (AvgIpc) is 3.21. The SMILES string of the molecule is CCC1Oc2ccc(-c3csc(C)n3)cc2N(CC(=O)Nc2cccc(C(C)=O)c2)C1=O. The first-order valence-electron chi connectivity index (χ1n) is 10.3. The molecule has 1 unspecified atom stereocenters. The molecule has 32 heavy (non-hydrogen) atoms. The van der Waals surface area contributed by atoms with Crippen LogP contribution in [0.15, 0.2) is 47.8 Å². The van der Waals surface area contributed by atoms with E-state index in [9.17, 15) is 14.4 Å². The number of fused-ring (bicyclic) bond motifs is 1. The van der Waals surface area contributed by atoms with Crippen molar-refractivity contribution in [3.8, 4) is 17.0 Å². The van der Waals surface area contributed by atoms with Crippen molar-refractivity contribution < 1.29 is 19.1 Å². The molecule has 2 heterocycles. The Morgan fingerprint density at radius 3 is 2.72 bits per heavy atom. The number of hydrogen-bond donors (Lipinski definition) is 1. The van der Waals surface area contributed by atoms with Gasteiger partial charge in [0.2, 0.25) is 5.91 Å². The minimum Gasteiger partial charge on any atom is -0.478 e.